The monoisotopic (exact) mass is 488 g/mol. The number of fused-ring (bicyclic) bond motifs is 1. The topological polar surface area (TPSA) is 94.3 Å². The number of hydrogen-bond donors (Lipinski definition) is 1. The lowest BCUT2D eigenvalue weighted by atomic mass is 10.1. The summed E-state index contributed by atoms with van der Waals surface area (Å²) < 4.78 is 80.3. The Balaban J connectivity index is 1.73. The van der Waals surface area contributed by atoms with E-state index < -0.39 is 29.7 Å². The zero-order valence-corrected chi connectivity index (χ0v) is 17.1. The van der Waals surface area contributed by atoms with Gasteiger partial charge in [-0.3, -0.25) is 0 Å². The Morgan fingerprint density at radius 3 is 2.30 bits per heavy atom. The number of rotatable bonds is 4. The Kier molecular flexibility index (Phi) is 5.56. The van der Waals surface area contributed by atoms with Crippen molar-refractivity contribution in [1.82, 2.24) is 34.7 Å². The van der Waals surface area contributed by atoms with Gasteiger partial charge in [0.05, 0.1) is 17.1 Å². The van der Waals surface area contributed by atoms with Crippen molar-refractivity contribution in [1.29, 1.82) is 0 Å². The summed E-state index contributed by atoms with van der Waals surface area (Å²) in [6.45, 7) is 1.57. The van der Waals surface area contributed by atoms with Gasteiger partial charge in [0.2, 0.25) is 0 Å². The summed E-state index contributed by atoms with van der Waals surface area (Å²) in [5.41, 5.74) is -2.58. The van der Waals surface area contributed by atoms with E-state index in [1.54, 1.807) is 6.92 Å². The highest BCUT2D eigenvalue weighted by Crippen LogP contribution is 2.38. The van der Waals surface area contributed by atoms with Crippen molar-refractivity contribution in [2.75, 3.05) is 5.32 Å². The van der Waals surface area contributed by atoms with Crippen molar-refractivity contribution in [2.45, 2.75) is 25.3 Å². The Bertz CT molecular complexity index is 1320. The molecule has 1 aromatic carbocycles. The normalized spacial score (nSPS) is 13.3. The summed E-state index contributed by atoms with van der Waals surface area (Å²) in [6.07, 6.45) is -6.62. The van der Waals surface area contributed by atoms with E-state index >= 15 is 0 Å². The third-order valence-electron chi connectivity index (χ3n) is 4.48. The highest BCUT2D eigenvalue weighted by atomic mass is 35.5. The molecule has 3 aromatic heterocycles. The van der Waals surface area contributed by atoms with Crippen LogP contribution in [-0.4, -0.2) is 34.7 Å². The van der Waals surface area contributed by atoms with Crippen LogP contribution in [0.2, 0.25) is 5.02 Å². The molecule has 0 radical (unpaired) electrons. The standard InChI is InChI=1S/C18H11ClF6N8/c1-8(16-30-7-31-33(16)13-4-12(18(23,24)25)26-5-27-13)32-15-10-2-9(19)3-11(17(20,21)22)14(10)28-6-29-15/h2-8H,1H3,(H,28,29,32)/t8-/m0/s1. The van der Waals surface area contributed by atoms with E-state index in [2.05, 4.69) is 35.3 Å². The fourth-order valence-corrected chi connectivity index (χ4v) is 3.29. The number of anilines is 1. The van der Waals surface area contributed by atoms with Gasteiger partial charge in [0, 0.05) is 16.5 Å². The second kappa shape index (κ2) is 8.10. The van der Waals surface area contributed by atoms with Gasteiger partial charge in [0.25, 0.3) is 0 Å². The Hall–Kier alpha value is -3.55. The molecule has 0 saturated heterocycles. The largest absolute Gasteiger partial charge is 0.433 e. The van der Waals surface area contributed by atoms with Crippen LogP contribution in [0.3, 0.4) is 0 Å². The minimum Gasteiger partial charge on any atom is -0.360 e. The molecule has 172 valence electrons. The predicted octanol–water partition coefficient (Wildman–Crippen LogP) is 4.86. The molecule has 0 aliphatic rings. The van der Waals surface area contributed by atoms with Crippen LogP contribution in [0.4, 0.5) is 32.2 Å². The molecular weight excluding hydrogens is 478 g/mol. The van der Waals surface area contributed by atoms with Crippen molar-refractivity contribution in [3.8, 4) is 5.82 Å². The molecular formula is C18H11ClF6N8. The van der Waals surface area contributed by atoms with E-state index in [9.17, 15) is 26.3 Å². The average molecular weight is 489 g/mol. The number of benzene rings is 1. The maximum Gasteiger partial charge on any atom is 0.433 e. The number of hydrogen-bond acceptors (Lipinski definition) is 7. The average Bonchev–Trinajstić information content (AvgIpc) is 3.22. The molecule has 33 heavy (non-hydrogen) atoms. The fraction of sp³-hybridized carbons (Fsp3) is 0.222. The van der Waals surface area contributed by atoms with Crippen LogP contribution < -0.4 is 5.32 Å². The summed E-state index contributed by atoms with van der Waals surface area (Å²) in [5.74, 6) is -0.0752. The van der Waals surface area contributed by atoms with Crippen molar-refractivity contribution in [3.63, 3.8) is 0 Å². The molecule has 0 saturated carbocycles. The molecule has 0 amide bonds. The first kappa shape index (κ1) is 22.6. The van der Waals surface area contributed by atoms with Crippen molar-refractivity contribution in [2.24, 2.45) is 0 Å². The number of nitrogens with zero attached hydrogens (tertiary/aromatic N) is 7. The summed E-state index contributed by atoms with van der Waals surface area (Å²) in [4.78, 5) is 18.8. The lowest BCUT2D eigenvalue weighted by molar-refractivity contribution is -0.141. The SMILES string of the molecule is C[C@H](Nc1ncnc2c(C(F)(F)F)cc(Cl)cc12)c1ncnn1-c1cc(C(F)(F)F)ncn1. The molecule has 0 spiro atoms. The highest BCUT2D eigenvalue weighted by Gasteiger charge is 2.35. The van der Waals surface area contributed by atoms with E-state index in [0.29, 0.717) is 6.07 Å². The van der Waals surface area contributed by atoms with Gasteiger partial charge >= 0.3 is 12.4 Å². The zero-order chi connectivity index (χ0) is 24.0. The molecule has 0 unspecified atom stereocenters. The van der Waals surface area contributed by atoms with Crippen LogP contribution in [0.1, 0.15) is 30.0 Å². The quantitative estimate of drug-likeness (QED) is 0.410. The maximum absolute atomic E-state index is 13.4. The Morgan fingerprint density at radius 2 is 1.61 bits per heavy atom. The number of nitrogens with one attached hydrogen (secondary N) is 1. The summed E-state index contributed by atoms with van der Waals surface area (Å²) in [5, 5.41) is 6.60. The summed E-state index contributed by atoms with van der Waals surface area (Å²) >= 11 is 5.88. The second-order valence-corrected chi connectivity index (χ2v) is 7.16. The van der Waals surface area contributed by atoms with Crippen molar-refractivity contribution < 1.29 is 26.3 Å². The van der Waals surface area contributed by atoms with Gasteiger partial charge in [-0.05, 0) is 19.1 Å². The molecule has 0 aliphatic carbocycles. The van der Waals surface area contributed by atoms with Gasteiger partial charge in [0.1, 0.15) is 30.5 Å². The first-order valence-corrected chi connectivity index (χ1v) is 9.40. The van der Waals surface area contributed by atoms with E-state index in [-0.39, 0.29) is 33.4 Å². The first-order valence-electron chi connectivity index (χ1n) is 9.02. The molecule has 4 rings (SSSR count). The van der Waals surface area contributed by atoms with Crippen LogP contribution in [-0.2, 0) is 12.4 Å². The van der Waals surface area contributed by atoms with Crippen LogP contribution in [0.25, 0.3) is 16.7 Å². The first-order chi connectivity index (χ1) is 15.4. The molecule has 0 bridgehead atoms. The minimum atomic E-state index is -4.70. The van der Waals surface area contributed by atoms with Crippen LogP contribution >= 0.6 is 11.6 Å². The zero-order valence-electron chi connectivity index (χ0n) is 16.3. The lowest BCUT2D eigenvalue weighted by Crippen LogP contribution is -2.17. The molecule has 1 N–H and O–H groups in total. The highest BCUT2D eigenvalue weighted by molar-refractivity contribution is 6.31. The van der Waals surface area contributed by atoms with Gasteiger partial charge in [-0.2, -0.15) is 36.1 Å². The Labute approximate surface area is 185 Å². The molecule has 0 fully saturated rings. The number of alkyl halides is 6. The van der Waals surface area contributed by atoms with Crippen LogP contribution in [0.15, 0.2) is 37.2 Å². The van der Waals surface area contributed by atoms with Gasteiger partial charge in [-0.1, -0.05) is 11.6 Å². The molecule has 1 atom stereocenters. The maximum atomic E-state index is 13.4. The Morgan fingerprint density at radius 1 is 0.879 bits per heavy atom. The summed E-state index contributed by atoms with van der Waals surface area (Å²) in [7, 11) is 0. The third kappa shape index (κ3) is 4.51. The summed E-state index contributed by atoms with van der Waals surface area (Å²) in [6, 6.07) is 1.95. The van der Waals surface area contributed by atoms with E-state index in [4.69, 9.17) is 11.6 Å². The van der Waals surface area contributed by atoms with E-state index in [0.717, 1.165) is 29.7 Å². The molecule has 15 heteroatoms. The van der Waals surface area contributed by atoms with Crippen LogP contribution in [0, 0.1) is 0 Å². The molecule has 8 nitrogen and oxygen atoms in total. The number of halogens is 7. The van der Waals surface area contributed by atoms with Gasteiger partial charge in [0.15, 0.2) is 11.6 Å². The fourth-order valence-electron chi connectivity index (χ4n) is 3.07. The van der Waals surface area contributed by atoms with E-state index in [1.165, 1.54) is 6.07 Å². The van der Waals surface area contributed by atoms with Gasteiger partial charge in [-0.15, -0.1) is 0 Å². The van der Waals surface area contributed by atoms with Gasteiger partial charge in [-0.25, -0.2) is 24.9 Å². The smallest absolute Gasteiger partial charge is 0.360 e. The third-order valence-corrected chi connectivity index (χ3v) is 4.70. The number of aromatic nitrogens is 7. The predicted molar refractivity (Wildman–Crippen MR) is 104 cm³/mol. The minimum absolute atomic E-state index is 0.00312. The molecule has 3 heterocycles. The van der Waals surface area contributed by atoms with Crippen molar-refractivity contribution in [3.05, 3.63) is 59.3 Å². The van der Waals surface area contributed by atoms with Crippen LogP contribution in [0.5, 0.6) is 0 Å². The van der Waals surface area contributed by atoms with Gasteiger partial charge < -0.3 is 5.32 Å². The molecule has 4 aromatic rings. The second-order valence-electron chi connectivity index (χ2n) is 6.72. The molecule has 0 aliphatic heterocycles. The van der Waals surface area contributed by atoms with Crippen molar-refractivity contribution >= 4 is 28.3 Å². The lowest BCUT2D eigenvalue weighted by Gasteiger charge is -2.17. The van der Waals surface area contributed by atoms with E-state index in [1.807, 2.05) is 0 Å².